The zero-order chi connectivity index (χ0) is 14.0. The summed E-state index contributed by atoms with van der Waals surface area (Å²) in [5.41, 5.74) is 2.76. The molecule has 4 nitrogen and oxygen atoms in total. The average molecular weight is 276 g/mol. The Morgan fingerprint density at radius 1 is 1.00 bits per heavy atom. The second-order valence-electron chi connectivity index (χ2n) is 4.52. The molecule has 0 aliphatic carbocycles. The van der Waals surface area contributed by atoms with Crippen molar-refractivity contribution in [3.63, 3.8) is 0 Å². The van der Waals surface area contributed by atoms with Crippen molar-refractivity contribution in [3.05, 3.63) is 53.2 Å². The molecule has 100 valence electrons. The molecule has 0 spiro atoms. The summed E-state index contributed by atoms with van der Waals surface area (Å²) in [6.07, 6.45) is 1.55. The normalized spacial score (nSPS) is 11.3. The molecule has 0 fully saturated rings. The van der Waals surface area contributed by atoms with Gasteiger partial charge in [-0.25, -0.2) is 13.4 Å². The highest BCUT2D eigenvalue weighted by atomic mass is 32.2. The van der Waals surface area contributed by atoms with E-state index in [2.05, 4.69) is 9.71 Å². The molecule has 0 aliphatic rings. The van der Waals surface area contributed by atoms with Crippen molar-refractivity contribution < 1.29 is 8.42 Å². The highest BCUT2D eigenvalue weighted by molar-refractivity contribution is 7.92. The molecule has 1 heterocycles. The lowest BCUT2D eigenvalue weighted by Crippen LogP contribution is -2.15. The van der Waals surface area contributed by atoms with Crippen LogP contribution in [0.4, 0.5) is 5.82 Å². The molecule has 0 unspecified atom stereocenters. The standard InChI is InChI=1S/C14H16N2O2S/c1-10-8-12(3)13(9-11(10)2)19(17,18)16-14-6-4-5-7-15-14/h4-9H,1-3H3,(H,15,16). The Bertz CT molecular complexity index is 695. The quantitative estimate of drug-likeness (QED) is 0.937. The van der Waals surface area contributed by atoms with Crippen molar-refractivity contribution in [2.24, 2.45) is 0 Å². The van der Waals surface area contributed by atoms with Gasteiger partial charge in [-0.3, -0.25) is 4.72 Å². The first kappa shape index (κ1) is 13.5. The predicted octanol–water partition coefficient (Wildman–Crippen LogP) is 2.81. The third kappa shape index (κ3) is 2.93. The van der Waals surface area contributed by atoms with Gasteiger partial charge >= 0.3 is 0 Å². The minimum absolute atomic E-state index is 0.293. The Hall–Kier alpha value is -1.88. The Morgan fingerprint density at radius 3 is 2.32 bits per heavy atom. The zero-order valence-corrected chi connectivity index (χ0v) is 12.0. The largest absolute Gasteiger partial charge is 0.263 e. The van der Waals surface area contributed by atoms with E-state index in [0.717, 1.165) is 16.7 Å². The van der Waals surface area contributed by atoms with Crippen LogP contribution in [0.15, 0.2) is 41.4 Å². The number of anilines is 1. The third-order valence-electron chi connectivity index (χ3n) is 2.98. The van der Waals surface area contributed by atoms with E-state index in [9.17, 15) is 8.42 Å². The van der Waals surface area contributed by atoms with Gasteiger partial charge < -0.3 is 0 Å². The van der Waals surface area contributed by atoms with E-state index in [-0.39, 0.29) is 0 Å². The summed E-state index contributed by atoms with van der Waals surface area (Å²) in [7, 11) is -3.60. The van der Waals surface area contributed by atoms with Crippen molar-refractivity contribution in [3.8, 4) is 0 Å². The first-order valence-corrected chi connectivity index (χ1v) is 7.40. The van der Waals surface area contributed by atoms with Crippen molar-refractivity contribution >= 4 is 15.8 Å². The molecule has 0 bridgehead atoms. The van der Waals surface area contributed by atoms with Crippen LogP contribution in [0.25, 0.3) is 0 Å². The van der Waals surface area contributed by atoms with Crippen LogP contribution in [0.1, 0.15) is 16.7 Å². The van der Waals surface area contributed by atoms with Crippen LogP contribution in [-0.2, 0) is 10.0 Å². The van der Waals surface area contributed by atoms with Crippen molar-refractivity contribution in [1.82, 2.24) is 4.98 Å². The maximum absolute atomic E-state index is 12.3. The highest BCUT2D eigenvalue weighted by Gasteiger charge is 2.18. The van der Waals surface area contributed by atoms with Gasteiger partial charge in [-0.15, -0.1) is 0 Å². The summed E-state index contributed by atoms with van der Waals surface area (Å²) in [5.74, 6) is 0.320. The minimum atomic E-state index is -3.60. The molecule has 1 aromatic heterocycles. The molecule has 0 amide bonds. The fraction of sp³-hybridized carbons (Fsp3) is 0.214. The number of benzene rings is 1. The summed E-state index contributed by atoms with van der Waals surface area (Å²) in [4.78, 5) is 4.26. The van der Waals surface area contributed by atoms with E-state index in [4.69, 9.17) is 0 Å². The fourth-order valence-corrected chi connectivity index (χ4v) is 3.16. The van der Waals surface area contributed by atoms with Crippen molar-refractivity contribution in [2.45, 2.75) is 25.7 Å². The molecule has 0 atom stereocenters. The van der Waals surface area contributed by atoms with Crippen molar-refractivity contribution in [1.29, 1.82) is 0 Å². The van der Waals surface area contributed by atoms with Gasteiger partial charge in [-0.1, -0.05) is 12.1 Å². The lowest BCUT2D eigenvalue weighted by atomic mass is 10.1. The van der Waals surface area contributed by atoms with E-state index in [1.165, 1.54) is 0 Å². The first-order chi connectivity index (χ1) is 8.90. The summed E-state index contributed by atoms with van der Waals surface area (Å²) in [5, 5.41) is 0. The first-order valence-electron chi connectivity index (χ1n) is 5.92. The fourth-order valence-electron chi connectivity index (χ4n) is 1.84. The molecular weight excluding hydrogens is 260 g/mol. The number of aryl methyl sites for hydroxylation is 3. The van der Waals surface area contributed by atoms with Crippen LogP contribution in [0.5, 0.6) is 0 Å². The van der Waals surface area contributed by atoms with Gasteiger partial charge in [-0.2, -0.15) is 0 Å². The number of nitrogens with one attached hydrogen (secondary N) is 1. The van der Waals surface area contributed by atoms with E-state index in [1.807, 2.05) is 19.9 Å². The molecular formula is C14H16N2O2S. The zero-order valence-electron chi connectivity index (χ0n) is 11.1. The highest BCUT2D eigenvalue weighted by Crippen LogP contribution is 2.21. The number of hydrogen-bond acceptors (Lipinski definition) is 3. The summed E-state index contributed by atoms with van der Waals surface area (Å²) in [6.45, 7) is 5.65. The molecule has 0 radical (unpaired) electrons. The summed E-state index contributed by atoms with van der Waals surface area (Å²) in [6, 6.07) is 8.66. The smallest absolute Gasteiger partial charge is 0.263 e. The number of pyridine rings is 1. The number of hydrogen-bond donors (Lipinski definition) is 1. The molecule has 0 aliphatic heterocycles. The van der Waals surface area contributed by atoms with Crippen LogP contribution in [0, 0.1) is 20.8 Å². The second kappa shape index (κ2) is 5.01. The van der Waals surface area contributed by atoms with Gasteiger partial charge in [0.2, 0.25) is 0 Å². The Balaban J connectivity index is 2.43. The van der Waals surface area contributed by atoms with Gasteiger partial charge in [0.25, 0.3) is 10.0 Å². The molecule has 5 heteroatoms. The number of aromatic nitrogens is 1. The molecule has 19 heavy (non-hydrogen) atoms. The number of rotatable bonds is 3. The second-order valence-corrected chi connectivity index (χ2v) is 6.17. The van der Waals surface area contributed by atoms with Gasteiger partial charge in [-0.05, 0) is 55.7 Å². The average Bonchev–Trinajstić information content (AvgIpc) is 2.34. The number of nitrogens with zero attached hydrogens (tertiary/aromatic N) is 1. The topological polar surface area (TPSA) is 59.1 Å². The molecule has 0 saturated heterocycles. The van der Waals surface area contributed by atoms with Gasteiger partial charge in [0.15, 0.2) is 0 Å². The van der Waals surface area contributed by atoms with Gasteiger partial charge in [0.05, 0.1) is 4.90 Å². The van der Waals surface area contributed by atoms with E-state index in [1.54, 1.807) is 37.4 Å². The van der Waals surface area contributed by atoms with E-state index in [0.29, 0.717) is 10.7 Å². The van der Waals surface area contributed by atoms with Gasteiger partial charge in [0.1, 0.15) is 5.82 Å². The monoisotopic (exact) mass is 276 g/mol. The maximum Gasteiger partial charge on any atom is 0.263 e. The van der Waals surface area contributed by atoms with Gasteiger partial charge in [0, 0.05) is 6.20 Å². The lowest BCUT2D eigenvalue weighted by Gasteiger charge is -2.12. The molecule has 1 aromatic carbocycles. The van der Waals surface area contributed by atoms with Crippen LogP contribution in [0.2, 0.25) is 0 Å². The summed E-state index contributed by atoms with van der Waals surface area (Å²) < 4.78 is 27.2. The SMILES string of the molecule is Cc1cc(C)c(S(=O)(=O)Nc2ccccn2)cc1C. The van der Waals surface area contributed by atoms with E-state index >= 15 is 0 Å². The third-order valence-corrected chi connectivity index (χ3v) is 4.48. The minimum Gasteiger partial charge on any atom is -0.263 e. The molecule has 2 aromatic rings. The predicted molar refractivity (Wildman–Crippen MR) is 75.7 cm³/mol. The van der Waals surface area contributed by atoms with Crippen LogP contribution in [-0.4, -0.2) is 13.4 Å². The molecule has 2 rings (SSSR count). The van der Waals surface area contributed by atoms with Crippen LogP contribution < -0.4 is 4.72 Å². The molecule has 0 saturated carbocycles. The lowest BCUT2D eigenvalue weighted by molar-refractivity contribution is 0.600. The number of sulfonamides is 1. The van der Waals surface area contributed by atoms with Crippen molar-refractivity contribution in [2.75, 3.05) is 4.72 Å². The maximum atomic E-state index is 12.3. The van der Waals surface area contributed by atoms with E-state index < -0.39 is 10.0 Å². The Labute approximate surface area is 113 Å². The Morgan fingerprint density at radius 2 is 1.68 bits per heavy atom. The van der Waals surface area contributed by atoms with Crippen LogP contribution >= 0.6 is 0 Å². The van der Waals surface area contributed by atoms with Crippen LogP contribution in [0.3, 0.4) is 0 Å². The summed E-state index contributed by atoms with van der Waals surface area (Å²) >= 11 is 0. The molecule has 1 N–H and O–H groups in total. The Kier molecular flexibility index (Phi) is 3.57.